The Morgan fingerprint density at radius 2 is 1.00 bits per heavy atom. The summed E-state index contributed by atoms with van der Waals surface area (Å²) in [6, 6.07) is 49.6. The van der Waals surface area contributed by atoms with E-state index in [4.69, 9.17) is 4.74 Å². The highest BCUT2D eigenvalue weighted by atomic mass is 16.5. The summed E-state index contributed by atoms with van der Waals surface area (Å²) in [5.41, 5.74) is 11.9. The highest BCUT2D eigenvalue weighted by Crippen LogP contribution is 2.62. The van der Waals surface area contributed by atoms with Crippen molar-refractivity contribution in [3.8, 4) is 33.8 Å². The molecule has 0 aliphatic carbocycles. The van der Waals surface area contributed by atoms with Gasteiger partial charge < -0.3 is 9.64 Å². The van der Waals surface area contributed by atoms with Crippen LogP contribution in [0.2, 0.25) is 0 Å². The van der Waals surface area contributed by atoms with E-state index in [-0.39, 0.29) is 0 Å². The maximum atomic E-state index is 6.55. The zero-order valence-electron chi connectivity index (χ0n) is 24.3. The third-order valence-electron chi connectivity index (χ3n) is 9.08. The van der Waals surface area contributed by atoms with Gasteiger partial charge in [0.1, 0.15) is 11.5 Å². The maximum Gasteiger partial charge on any atom is 0.132 e. The molecule has 2 aromatic heterocycles. The molecule has 0 atom stereocenters. The second-order valence-corrected chi connectivity index (χ2v) is 11.5. The topological polar surface area (TPSA) is 38.2 Å². The predicted octanol–water partition coefficient (Wildman–Crippen LogP) is 10.1. The lowest BCUT2D eigenvalue weighted by Crippen LogP contribution is -2.39. The Kier molecular flexibility index (Phi) is 5.69. The van der Waals surface area contributed by atoms with Crippen molar-refractivity contribution in [3.05, 3.63) is 187 Å². The normalized spacial score (nSPS) is 13.6. The molecule has 0 saturated heterocycles. The van der Waals surface area contributed by atoms with E-state index in [1.165, 1.54) is 11.1 Å². The van der Waals surface area contributed by atoms with Crippen LogP contribution < -0.4 is 9.64 Å². The number of hydrogen-bond donors (Lipinski definition) is 0. The number of benzene rings is 5. The Bertz CT molecular complexity index is 2060. The number of para-hydroxylation sites is 4. The molecule has 4 heteroatoms. The molecule has 0 amide bonds. The molecule has 7 aromatic rings. The molecule has 0 saturated carbocycles. The minimum absolute atomic E-state index is 0.565. The summed E-state index contributed by atoms with van der Waals surface area (Å²) >= 11 is 0. The fraction of sp³-hybridized carbons (Fsp3) is 0.0244. The Morgan fingerprint density at radius 3 is 1.60 bits per heavy atom. The Balaban J connectivity index is 1.37. The first kappa shape index (κ1) is 25.5. The van der Waals surface area contributed by atoms with Crippen LogP contribution in [-0.2, 0) is 5.41 Å². The molecular formula is C41H27N3O. The number of pyridine rings is 2. The number of anilines is 3. The summed E-state index contributed by atoms with van der Waals surface area (Å²) in [5, 5.41) is 0. The maximum absolute atomic E-state index is 6.55. The van der Waals surface area contributed by atoms with Crippen LogP contribution in [0, 0.1) is 0 Å². The minimum Gasteiger partial charge on any atom is -0.457 e. The minimum atomic E-state index is -0.565. The zero-order chi connectivity index (χ0) is 29.8. The molecule has 2 aliphatic heterocycles. The predicted molar refractivity (Wildman–Crippen MR) is 180 cm³/mol. The van der Waals surface area contributed by atoms with Gasteiger partial charge in [0.05, 0.1) is 16.8 Å². The van der Waals surface area contributed by atoms with Gasteiger partial charge in [-0.05, 0) is 88.5 Å². The van der Waals surface area contributed by atoms with Gasteiger partial charge in [-0.2, -0.15) is 0 Å². The third kappa shape index (κ3) is 3.79. The van der Waals surface area contributed by atoms with E-state index in [1.54, 1.807) is 0 Å². The molecule has 4 heterocycles. The summed E-state index contributed by atoms with van der Waals surface area (Å²) < 4.78 is 6.55. The van der Waals surface area contributed by atoms with Crippen molar-refractivity contribution in [3.63, 3.8) is 0 Å². The van der Waals surface area contributed by atoms with Gasteiger partial charge in [-0.25, -0.2) is 0 Å². The van der Waals surface area contributed by atoms with E-state index in [9.17, 15) is 0 Å². The Labute approximate surface area is 261 Å². The van der Waals surface area contributed by atoms with Crippen LogP contribution in [0.15, 0.2) is 164 Å². The highest BCUT2D eigenvalue weighted by Gasteiger charge is 2.50. The van der Waals surface area contributed by atoms with E-state index in [1.807, 2.05) is 30.9 Å². The Morgan fingerprint density at radius 1 is 0.444 bits per heavy atom. The third-order valence-corrected chi connectivity index (χ3v) is 9.08. The molecule has 0 bridgehead atoms. The van der Waals surface area contributed by atoms with Crippen LogP contribution >= 0.6 is 0 Å². The standard InChI is InChI=1S/C41H27N3O/c1-5-15-37-33(11-1)41(35-13-3-7-17-39(35)45-40-18-8-4-14-36(40)41)34-12-2-6-16-38(34)44(37)32-25-30(28-19-22-42-23-20-28)24-31(26-32)29-10-9-21-43-27-29/h1-27H. The van der Waals surface area contributed by atoms with Crippen molar-refractivity contribution in [1.29, 1.82) is 0 Å². The molecule has 2 aliphatic rings. The van der Waals surface area contributed by atoms with Crippen molar-refractivity contribution < 1.29 is 4.74 Å². The summed E-state index contributed by atoms with van der Waals surface area (Å²) in [6.07, 6.45) is 7.44. The average molecular weight is 578 g/mol. The van der Waals surface area contributed by atoms with Gasteiger partial charge >= 0.3 is 0 Å². The molecule has 45 heavy (non-hydrogen) atoms. The summed E-state index contributed by atoms with van der Waals surface area (Å²) in [7, 11) is 0. The van der Waals surface area contributed by atoms with Gasteiger partial charge in [0.25, 0.3) is 0 Å². The summed E-state index contributed by atoms with van der Waals surface area (Å²) in [5.74, 6) is 1.76. The fourth-order valence-corrected chi connectivity index (χ4v) is 7.25. The van der Waals surface area contributed by atoms with Crippen LogP contribution in [0.1, 0.15) is 22.3 Å². The molecule has 1 spiro atoms. The summed E-state index contributed by atoms with van der Waals surface area (Å²) in [6.45, 7) is 0. The molecule has 9 rings (SSSR count). The highest BCUT2D eigenvalue weighted by molar-refractivity contribution is 5.93. The molecular weight excluding hydrogens is 550 g/mol. The quantitative estimate of drug-likeness (QED) is 0.209. The van der Waals surface area contributed by atoms with E-state index >= 15 is 0 Å². The van der Waals surface area contributed by atoms with Crippen LogP contribution in [0.5, 0.6) is 11.5 Å². The van der Waals surface area contributed by atoms with Gasteiger partial charge in [-0.1, -0.05) is 78.9 Å². The number of nitrogens with zero attached hydrogens (tertiary/aromatic N) is 3. The first-order chi connectivity index (χ1) is 22.3. The van der Waals surface area contributed by atoms with Crippen LogP contribution in [0.3, 0.4) is 0 Å². The van der Waals surface area contributed by atoms with E-state index in [2.05, 4.69) is 148 Å². The van der Waals surface area contributed by atoms with Gasteiger partial charge in [-0.15, -0.1) is 0 Å². The molecule has 0 radical (unpaired) electrons. The van der Waals surface area contributed by atoms with Gasteiger partial charge in [0.15, 0.2) is 0 Å². The number of fused-ring (bicyclic) bond motifs is 8. The number of rotatable bonds is 3. The SMILES string of the molecule is c1cncc(-c2cc(-c3ccncc3)cc(N3c4ccccc4C4(c5ccccc5Oc5ccccc54)c4ccccc43)c2)c1. The number of hydrogen-bond acceptors (Lipinski definition) is 4. The van der Waals surface area contributed by atoms with Gasteiger partial charge in [-0.3, -0.25) is 9.97 Å². The second-order valence-electron chi connectivity index (χ2n) is 11.5. The molecule has 0 unspecified atom stereocenters. The van der Waals surface area contributed by atoms with Gasteiger partial charge in [0, 0.05) is 47.2 Å². The first-order valence-corrected chi connectivity index (χ1v) is 15.1. The largest absolute Gasteiger partial charge is 0.457 e. The monoisotopic (exact) mass is 577 g/mol. The van der Waals surface area contributed by atoms with Crippen molar-refractivity contribution in [2.45, 2.75) is 5.41 Å². The summed E-state index contributed by atoms with van der Waals surface area (Å²) in [4.78, 5) is 11.1. The van der Waals surface area contributed by atoms with Crippen molar-refractivity contribution >= 4 is 17.1 Å². The lowest BCUT2D eigenvalue weighted by Gasteiger charge is -2.48. The van der Waals surface area contributed by atoms with Crippen molar-refractivity contribution in [2.75, 3.05) is 4.90 Å². The average Bonchev–Trinajstić information content (AvgIpc) is 3.12. The molecule has 0 N–H and O–H groups in total. The van der Waals surface area contributed by atoms with E-state index in [0.29, 0.717) is 0 Å². The van der Waals surface area contributed by atoms with Crippen LogP contribution in [0.25, 0.3) is 22.3 Å². The second kappa shape index (κ2) is 10.0. The Hall–Kier alpha value is -6.00. The molecule has 212 valence electrons. The van der Waals surface area contributed by atoms with Crippen LogP contribution in [-0.4, -0.2) is 9.97 Å². The van der Waals surface area contributed by atoms with Crippen LogP contribution in [0.4, 0.5) is 17.1 Å². The number of ether oxygens (including phenoxy) is 1. The molecule has 4 nitrogen and oxygen atoms in total. The first-order valence-electron chi connectivity index (χ1n) is 15.1. The molecule has 5 aromatic carbocycles. The van der Waals surface area contributed by atoms with E-state index in [0.717, 1.165) is 61.9 Å². The zero-order valence-corrected chi connectivity index (χ0v) is 24.3. The number of aromatic nitrogens is 2. The molecule has 0 fully saturated rings. The fourth-order valence-electron chi connectivity index (χ4n) is 7.25. The lowest BCUT2D eigenvalue weighted by molar-refractivity contribution is 0.434. The van der Waals surface area contributed by atoms with Crippen molar-refractivity contribution in [1.82, 2.24) is 9.97 Å². The lowest BCUT2D eigenvalue weighted by atomic mass is 9.61. The van der Waals surface area contributed by atoms with E-state index < -0.39 is 5.41 Å². The van der Waals surface area contributed by atoms with Gasteiger partial charge in [0.2, 0.25) is 0 Å². The smallest absolute Gasteiger partial charge is 0.132 e. The van der Waals surface area contributed by atoms with Crippen molar-refractivity contribution in [2.24, 2.45) is 0 Å².